The first-order valence-electron chi connectivity index (χ1n) is 9.42. The number of nitrogens with zero attached hydrogens (tertiary/aromatic N) is 6. The number of rotatable bonds is 5. The van der Waals surface area contributed by atoms with Crippen LogP contribution >= 0.6 is 0 Å². The largest absolute Gasteiger partial charge is 0.493 e. The summed E-state index contributed by atoms with van der Waals surface area (Å²) in [4.78, 5) is 1.77. The number of ether oxygens (including phenoxy) is 2. The summed E-state index contributed by atoms with van der Waals surface area (Å²) in [6.07, 6.45) is -4.70. The Morgan fingerprint density at radius 3 is 2.25 bits per heavy atom. The van der Waals surface area contributed by atoms with Gasteiger partial charge in [0.05, 0.1) is 19.1 Å². The van der Waals surface area contributed by atoms with E-state index in [0.717, 1.165) is 0 Å². The minimum Gasteiger partial charge on any atom is -0.493 e. The van der Waals surface area contributed by atoms with Gasteiger partial charge in [-0.1, -0.05) is 0 Å². The van der Waals surface area contributed by atoms with Crippen LogP contribution in [-0.4, -0.2) is 72.9 Å². The Morgan fingerprint density at radius 2 is 1.62 bits per heavy atom. The molecule has 0 radical (unpaired) electrons. The molecule has 32 heavy (non-hydrogen) atoms. The first-order chi connectivity index (χ1) is 15.1. The summed E-state index contributed by atoms with van der Waals surface area (Å²) in [7, 11) is -0.934. The molecule has 0 atom stereocenters. The van der Waals surface area contributed by atoms with Crippen molar-refractivity contribution >= 4 is 21.5 Å². The molecule has 172 valence electrons. The molecular formula is C18H19F3N6O4S. The van der Waals surface area contributed by atoms with Crippen LogP contribution in [0.5, 0.6) is 11.5 Å². The number of sulfonamides is 1. The molecule has 0 bridgehead atoms. The molecule has 1 fully saturated rings. The molecule has 0 unspecified atom stereocenters. The number of hydrogen-bond donors (Lipinski definition) is 0. The third kappa shape index (κ3) is 3.90. The molecule has 3 aromatic rings. The van der Waals surface area contributed by atoms with Gasteiger partial charge in [-0.05, 0) is 24.3 Å². The fourth-order valence-corrected chi connectivity index (χ4v) is 4.85. The maximum absolute atomic E-state index is 13.1. The Labute approximate surface area is 181 Å². The molecule has 0 spiro atoms. The molecule has 0 N–H and O–H groups in total. The molecule has 14 heteroatoms. The molecule has 3 heterocycles. The van der Waals surface area contributed by atoms with Gasteiger partial charge < -0.3 is 14.4 Å². The monoisotopic (exact) mass is 472 g/mol. The number of aromatic nitrogens is 4. The molecule has 0 saturated carbocycles. The number of methoxy groups -OCH3 is 2. The summed E-state index contributed by atoms with van der Waals surface area (Å²) in [5.41, 5.74) is -0.0317. The number of benzene rings is 1. The van der Waals surface area contributed by atoms with Gasteiger partial charge in [-0.2, -0.15) is 22.0 Å². The first-order valence-corrected chi connectivity index (χ1v) is 10.9. The summed E-state index contributed by atoms with van der Waals surface area (Å²) in [6.45, 7) is 0.748. The summed E-state index contributed by atoms with van der Waals surface area (Å²) >= 11 is 0. The Kier molecular flexibility index (Phi) is 5.58. The van der Waals surface area contributed by atoms with Crippen molar-refractivity contribution in [3.05, 3.63) is 36.2 Å². The quantitative estimate of drug-likeness (QED) is 0.553. The average molecular weight is 472 g/mol. The van der Waals surface area contributed by atoms with Gasteiger partial charge in [0.2, 0.25) is 10.0 Å². The van der Waals surface area contributed by atoms with Crippen LogP contribution in [0.25, 0.3) is 5.65 Å². The van der Waals surface area contributed by atoms with E-state index in [0.29, 0.717) is 16.0 Å². The molecule has 1 aromatic carbocycles. The average Bonchev–Trinajstić information content (AvgIpc) is 3.22. The summed E-state index contributed by atoms with van der Waals surface area (Å²) < 4.78 is 77.7. The van der Waals surface area contributed by atoms with Crippen molar-refractivity contribution in [3.63, 3.8) is 0 Å². The van der Waals surface area contributed by atoms with Gasteiger partial charge in [0, 0.05) is 32.2 Å². The normalized spacial score (nSPS) is 15.8. The third-order valence-electron chi connectivity index (χ3n) is 5.06. The van der Waals surface area contributed by atoms with Crippen molar-refractivity contribution in [2.45, 2.75) is 11.1 Å². The standard InChI is InChI=1S/C18H19F3N6O4S/c1-30-13-4-3-12(11-14(13)31-2)32(28,29)26-9-7-25(8-10-26)16-6-5-15-22-23-17(18(19,20)21)27(15)24-16/h3-6,11H,7-10H2,1-2H3. The zero-order valence-electron chi connectivity index (χ0n) is 17.1. The van der Waals surface area contributed by atoms with E-state index in [1.807, 2.05) is 0 Å². The van der Waals surface area contributed by atoms with E-state index in [1.54, 1.807) is 4.90 Å². The van der Waals surface area contributed by atoms with Gasteiger partial charge in [-0.15, -0.1) is 15.3 Å². The van der Waals surface area contributed by atoms with E-state index in [-0.39, 0.29) is 42.5 Å². The Bertz CT molecular complexity index is 1240. The number of fused-ring (bicyclic) bond motifs is 1. The van der Waals surface area contributed by atoms with Gasteiger partial charge in [0.1, 0.15) is 5.82 Å². The van der Waals surface area contributed by atoms with Crippen LogP contribution in [0.1, 0.15) is 5.82 Å². The van der Waals surface area contributed by atoms with Crippen molar-refractivity contribution in [1.29, 1.82) is 0 Å². The van der Waals surface area contributed by atoms with E-state index in [9.17, 15) is 21.6 Å². The molecular weight excluding hydrogens is 453 g/mol. The second kappa shape index (κ2) is 8.09. The lowest BCUT2D eigenvalue weighted by atomic mass is 10.3. The van der Waals surface area contributed by atoms with Crippen LogP contribution < -0.4 is 14.4 Å². The SMILES string of the molecule is COc1ccc(S(=O)(=O)N2CCN(c3ccc4nnc(C(F)(F)F)n4n3)CC2)cc1OC. The Hall–Kier alpha value is -3.13. The fourth-order valence-electron chi connectivity index (χ4n) is 3.41. The van der Waals surface area contributed by atoms with Crippen molar-refractivity contribution in [3.8, 4) is 11.5 Å². The van der Waals surface area contributed by atoms with Gasteiger partial charge in [0.15, 0.2) is 17.1 Å². The number of anilines is 1. The lowest BCUT2D eigenvalue weighted by Crippen LogP contribution is -2.49. The predicted molar refractivity (Wildman–Crippen MR) is 106 cm³/mol. The predicted octanol–water partition coefficient (Wildman–Crippen LogP) is 1.67. The van der Waals surface area contributed by atoms with E-state index in [1.165, 1.54) is 48.9 Å². The van der Waals surface area contributed by atoms with Crippen LogP contribution in [0.2, 0.25) is 0 Å². The molecule has 4 rings (SSSR count). The molecule has 0 aliphatic carbocycles. The summed E-state index contributed by atoms with van der Waals surface area (Å²) in [6, 6.07) is 7.25. The molecule has 10 nitrogen and oxygen atoms in total. The van der Waals surface area contributed by atoms with Gasteiger partial charge in [-0.3, -0.25) is 0 Å². The van der Waals surface area contributed by atoms with Crippen LogP contribution in [0, 0.1) is 0 Å². The number of hydrogen-bond acceptors (Lipinski definition) is 8. The Morgan fingerprint density at radius 1 is 0.938 bits per heavy atom. The molecule has 0 amide bonds. The number of piperazine rings is 1. The summed E-state index contributed by atoms with van der Waals surface area (Å²) in [5.74, 6) is -0.251. The molecule has 1 aliphatic heterocycles. The van der Waals surface area contributed by atoms with Crippen molar-refractivity contribution in [2.75, 3.05) is 45.3 Å². The molecule has 1 saturated heterocycles. The fraction of sp³-hybridized carbons (Fsp3) is 0.389. The number of halogens is 3. The highest BCUT2D eigenvalue weighted by Crippen LogP contribution is 2.31. The zero-order valence-corrected chi connectivity index (χ0v) is 17.9. The lowest BCUT2D eigenvalue weighted by Gasteiger charge is -2.34. The van der Waals surface area contributed by atoms with E-state index in [4.69, 9.17) is 9.47 Å². The maximum Gasteiger partial charge on any atom is 0.453 e. The minimum atomic E-state index is -4.70. The topological polar surface area (TPSA) is 102 Å². The van der Waals surface area contributed by atoms with Crippen molar-refractivity contribution in [1.82, 2.24) is 24.1 Å². The summed E-state index contributed by atoms with van der Waals surface area (Å²) in [5, 5.41) is 10.7. The van der Waals surface area contributed by atoms with E-state index in [2.05, 4.69) is 15.3 Å². The molecule has 1 aliphatic rings. The highest BCUT2D eigenvalue weighted by atomic mass is 32.2. The molecule has 2 aromatic heterocycles. The van der Waals surface area contributed by atoms with Crippen LogP contribution in [0.15, 0.2) is 35.2 Å². The maximum atomic E-state index is 13.1. The minimum absolute atomic E-state index is 0.0317. The van der Waals surface area contributed by atoms with Gasteiger partial charge >= 0.3 is 6.18 Å². The van der Waals surface area contributed by atoms with Crippen LogP contribution in [0.4, 0.5) is 19.0 Å². The first kappa shape index (κ1) is 22.1. The Balaban J connectivity index is 1.53. The second-order valence-corrected chi connectivity index (χ2v) is 8.83. The zero-order chi connectivity index (χ0) is 23.1. The lowest BCUT2D eigenvalue weighted by molar-refractivity contribution is -0.146. The van der Waals surface area contributed by atoms with Crippen molar-refractivity contribution in [2.24, 2.45) is 0 Å². The van der Waals surface area contributed by atoms with Crippen LogP contribution in [0.3, 0.4) is 0 Å². The van der Waals surface area contributed by atoms with Gasteiger partial charge in [0.25, 0.3) is 5.82 Å². The van der Waals surface area contributed by atoms with E-state index >= 15 is 0 Å². The highest BCUT2D eigenvalue weighted by Gasteiger charge is 2.38. The highest BCUT2D eigenvalue weighted by molar-refractivity contribution is 7.89. The van der Waals surface area contributed by atoms with E-state index < -0.39 is 22.0 Å². The van der Waals surface area contributed by atoms with Gasteiger partial charge in [-0.25, -0.2) is 8.42 Å². The second-order valence-electron chi connectivity index (χ2n) is 6.89. The number of alkyl halides is 3. The third-order valence-corrected chi connectivity index (χ3v) is 6.95. The van der Waals surface area contributed by atoms with Crippen LogP contribution in [-0.2, 0) is 16.2 Å². The van der Waals surface area contributed by atoms with Crippen molar-refractivity contribution < 1.29 is 31.1 Å². The smallest absolute Gasteiger partial charge is 0.453 e.